The Morgan fingerprint density at radius 3 is 2.95 bits per heavy atom. The van der Waals surface area contributed by atoms with Gasteiger partial charge in [-0.05, 0) is 30.9 Å². The molecule has 2 aliphatic rings. The molecule has 96 valence electrons. The van der Waals surface area contributed by atoms with Crippen LogP contribution >= 0.6 is 0 Å². The lowest BCUT2D eigenvalue weighted by molar-refractivity contribution is 0.0996. The van der Waals surface area contributed by atoms with Gasteiger partial charge in [0.05, 0.1) is 24.1 Å². The third-order valence-electron chi connectivity index (χ3n) is 4.07. The third kappa shape index (κ3) is 1.52. The summed E-state index contributed by atoms with van der Waals surface area (Å²) in [5.74, 6) is 0.108. The van der Waals surface area contributed by atoms with Gasteiger partial charge in [-0.3, -0.25) is 9.48 Å². The maximum atomic E-state index is 12.5. The Labute approximate surface area is 111 Å². The summed E-state index contributed by atoms with van der Waals surface area (Å²) in [7, 11) is 0. The van der Waals surface area contributed by atoms with Crippen LogP contribution in [0.3, 0.4) is 0 Å². The van der Waals surface area contributed by atoms with Gasteiger partial charge in [0.2, 0.25) is 0 Å². The molecule has 2 aromatic rings. The normalized spacial score (nSPS) is 17.5. The molecule has 0 unspecified atom stereocenters. The Bertz CT molecular complexity index is 659. The molecule has 0 atom stereocenters. The van der Waals surface area contributed by atoms with Crippen LogP contribution < -0.4 is 4.90 Å². The summed E-state index contributed by atoms with van der Waals surface area (Å²) in [5.41, 5.74) is 4.16. The highest BCUT2D eigenvalue weighted by Crippen LogP contribution is 2.32. The quantitative estimate of drug-likeness (QED) is 0.782. The monoisotopic (exact) mass is 253 g/mol. The maximum Gasteiger partial charge on any atom is 0.259 e. The lowest BCUT2D eigenvalue weighted by Crippen LogP contribution is -2.24. The third-order valence-corrected chi connectivity index (χ3v) is 4.07. The largest absolute Gasteiger partial charge is 0.301 e. The highest BCUT2D eigenvalue weighted by atomic mass is 16.2. The van der Waals surface area contributed by atoms with Gasteiger partial charge in [-0.2, -0.15) is 5.10 Å². The van der Waals surface area contributed by atoms with Crippen LogP contribution in [-0.4, -0.2) is 15.7 Å². The van der Waals surface area contributed by atoms with Crippen molar-refractivity contribution in [2.75, 3.05) is 4.90 Å². The van der Waals surface area contributed by atoms with Crippen molar-refractivity contribution >= 4 is 11.6 Å². The van der Waals surface area contributed by atoms with Crippen LogP contribution in [0, 0.1) is 0 Å². The molecular weight excluding hydrogens is 238 g/mol. The van der Waals surface area contributed by atoms with Gasteiger partial charge in [0.25, 0.3) is 5.91 Å². The minimum absolute atomic E-state index is 0.108. The molecule has 0 aliphatic carbocycles. The van der Waals surface area contributed by atoms with Crippen molar-refractivity contribution in [2.24, 2.45) is 0 Å². The average Bonchev–Trinajstić information content (AvgIpc) is 3.01. The Morgan fingerprint density at radius 2 is 2.05 bits per heavy atom. The molecule has 0 saturated carbocycles. The molecular formula is C15H15N3O. The summed E-state index contributed by atoms with van der Waals surface area (Å²) >= 11 is 0. The van der Waals surface area contributed by atoms with E-state index in [-0.39, 0.29) is 5.91 Å². The van der Waals surface area contributed by atoms with Crippen molar-refractivity contribution in [1.29, 1.82) is 0 Å². The van der Waals surface area contributed by atoms with E-state index in [2.05, 4.69) is 9.78 Å². The van der Waals surface area contributed by atoms with Gasteiger partial charge in [0, 0.05) is 12.1 Å². The number of aryl methyl sites for hydroxylation is 1. The Morgan fingerprint density at radius 1 is 1.16 bits per heavy atom. The second kappa shape index (κ2) is 3.95. The maximum absolute atomic E-state index is 12.5. The molecule has 1 amide bonds. The van der Waals surface area contributed by atoms with E-state index < -0.39 is 0 Å². The molecule has 0 spiro atoms. The molecule has 4 heteroatoms. The van der Waals surface area contributed by atoms with Crippen LogP contribution in [0.15, 0.2) is 30.5 Å². The van der Waals surface area contributed by atoms with Gasteiger partial charge in [0.1, 0.15) is 0 Å². The van der Waals surface area contributed by atoms with E-state index in [0.717, 1.165) is 29.8 Å². The van der Waals surface area contributed by atoms with E-state index in [9.17, 15) is 4.79 Å². The molecule has 1 aromatic heterocycles. The predicted molar refractivity (Wildman–Crippen MR) is 72.1 cm³/mol. The molecule has 4 rings (SSSR count). The number of anilines is 1. The van der Waals surface area contributed by atoms with Gasteiger partial charge < -0.3 is 4.90 Å². The second-order valence-corrected chi connectivity index (χ2v) is 5.21. The van der Waals surface area contributed by atoms with Crippen LogP contribution in [0.25, 0.3) is 0 Å². The number of hydrogen-bond donors (Lipinski definition) is 0. The van der Waals surface area contributed by atoms with E-state index in [1.54, 1.807) is 0 Å². The standard InChI is InChI=1S/C15H15N3O/c19-15-12-6-2-1-5-11(12)10-17(15)14-9-16-18-8-4-3-7-13(14)18/h1-2,5-6,9H,3-4,7-8,10H2. The molecule has 0 radical (unpaired) electrons. The van der Waals surface area contributed by atoms with E-state index in [4.69, 9.17) is 0 Å². The van der Waals surface area contributed by atoms with Crippen molar-refractivity contribution in [3.8, 4) is 0 Å². The first-order valence-corrected chi connectivity index (χ1v) is 6.79. The number of carbonyl (C=O) groups excluding carboxylic acids is 1. The number of fused-ring (bicyclic) bond motifs is 2. The topological polar surface area (TPSA) is 38.1 Å². The predicted octanol–water partition coefficient (Wildman–Crippen LogP) is 2.38. The van der Waals surface area contributed by atoms with Gasteiger partial charge in [-0.15, -0.1) is 0 Å². The first kappa shape index (κ1) is 10.8. The summed E-state index contributed by atoms with van der Waals surface area (Å²) in [6.07, 6.45) is 5.25. The van der Waals surface area contributed by atoms with Crippen LogP contribution in [0.4, 0.5) is 5.69 Å². The van der Waals surface area contributed by atoms with Gasteiger partial charge >= 0.3 is 0 Å². The minimum Gasteiger partial charge on any atom is -0.301 e. The Kier molecular flexibility index (Phi) is 2.24. The lowest BCUT2D eigenvalue weighted by Gasteiger charge is -2.19. The number of amides is 1. The summed E-state index contributed by atoms with van der Waals surface area (Å²) in [4.78, 5) is 14.3. The van der Waals surface area contributed by atoms with Crippen molar-refractivity contribution in [3.63, 3.8) is 0 Å². The summed E-state index contributed by atoms with van der Waals surface area (Å²) in [6.45, 7) is 1.65. The molecule has 1 aromatic carbocycles. The summed E-state index contributed by atoms with van der Waals surface area (Å²) < 4.78 is 2.05. The SMILES string of the molecule is O=C1c2ccccc2CN1c1cnn2c1CCCC2. The zero-order chi connectivity index (χ0) is 12.8. The Hall–Kier alpha value is -2.10. The van der Waals surface area contributed by atoms with E-state index in [1.165, 1.54) is 18.5 Å². The fourth-order valence-corrected chi connectivity index (χ4v) is 3.08. The number of nitrogens with zero attached hydrogens (tertiary/aromatic N) is 3. The number of carbonyl (C=O) groups is 1. The number of hydrogen-bond acceptors (Lipinski definition) is 2. The van der Waals surface area contributed by atoms with Crippen LogP contribution in [0.2, 0.25) is 0 Å². The highest BCUT2D eigenvalue weighted by Gasteiger charge is 2.31. The smallest absolute Gasteiger partial charge is 0.259 e. The van der Waals surface area contributed by atoms with Gasteiger partial charge in [-0.1, -0.05) is 18.2 Å². The second-order valence-electron chi connectivity index (χ2n) is 5.21. The fraction of sp³-hybridized carbons (Fsp3) is 0.333. The van der Waals surface area contributed by atoms with Crippen molar-refractivity contribution in [3.05, 3.63) is 47.3 Å². The summed E-state index contributed by atoms with van der Waals surface area (Å²) in [6, 6.07) is 7.85. The van der Waals surface area contributed by atoms with Crippen LogP contribution in [0.5, 0.6) is 0 Å². The average molecular weight is 253 g/mol. The van der Waals surface area contributed by atoms with Crippen LogP contribution in [-0.2, 0) is 19.5 Å². The first-order chi connectivity index (χ1) is 9.34. The van der Waals surface area contributed by atoms with E-state index >= 15 is 0 Å². The Balaban J connectivity index is 1.76. The molecule has 0 fully saturated rings. The number of aromatic nitrogens is 2. The molecule has 2 aliphatic heterocycles. The fourth-order valence-electron chi connectivity index (χ4n) is 3.08. The summed E-state index contributed by atoms with van der Waals surface area (Å²) in [5, 5.41) is 4.42. The van der Waals surface area contributed by atoms with E-state index in [0.29, 0.717) is 6.54 Å². The van der Waals surface area contributed by atoms with Gasteiger partial charge in [0.15, 0.2) is 0 Å². The minimum atomic E-state index is 0.108. The molecule has 0 saturated heterocycles. The van der Waals surface area contributed by atoms with Crippen molar-refractivity contribution < 1.29 is 4.79 Å². The van der Waals surface area contributed by atoms with Gasteiger partial charge in [-0.25, -0.2) is 0 Å². The zero-order valence-electron chi connectivity index (χ0n) is 10.7. The number of rotatable bonds is 1. The van der Waals surface area contributed by atoms with Crippen molar-refractivity contribution in [2.45, 2.75) is 32.4 Å². The molecule has 0 bridgehead atoms. The molecule has 3 heterocycles. The highest BCUT2D eigenvalue weighted by molar-refractivity contribution is 6.10. The van der Waals surface area contributed by atoms with Crippen LogP contribution in [0.1, 0.15) is 34.5 Å². The van der Waals surface area contributed by atoms with Crippen molar-refractivity contribution in [1.82, 2.24) is 9.78 Å². The van der Waals surface area contributed by atoms with E-state index in [1.807, 2.05) is 35.4 Å². The number of benzene rings is 1. The molecule has 19 heavy (non-hydrogen) atoms. The molecule has 4 nitrogen and oxygen atoms in total. The molecule has 0 N–H and O–H groups in total. The first-order valence-electron chi connectivity index (χ1n) is 6.79. The lowest BCUT2D eigenvalue weighted by atomic mass is 10.1. The zero-order valence-corrected chi connectivity index (χ0v) is 10.7.